The van der Waals surface area contributed by atoms with Gasteiger partial charge in [0.1, 0.15) is 17.5 Å². The van der Waals surface area contributed by atoms with Gasteiger partial charge in [0.15, 0.2) is 11.5 Å². The molecule has 2 aliphatic heterocycles. The molecule has 0 aliphatic carbocycles. The van der Waals surface area contributed by atoms with Crippen molar-refractivity contribution < 1.29 is 19.0 Å². The fraction of sp³-hybridized carbons (Fsp3) is 0.350. The zero-order valence-corrected chi connectivity index (χ0v) is 15.7. The van der Waals surface area contributed by atoms with E-state index in [1.807, 2.05) is 19.1 Å². The average molecular weight is 380 g/mol. The molecule has 0 radical (unpaired) electrons. The highest BCUT2D eigenvalue weighted by atomic mass is 16.7. The number of nitrogens with zero attached hydrogens (tertiary/aromatic N) is 3. The lowest BCUT2D eigenvalue weighted by molar-refractivity contribution is 0.102. The number of pyridine rings is 1. The smallest absolute Gasteiger partial charge is 0.410 e. The van der Waals surface area contributed by atoms with Crippen molar-refractivity contribution in [2.24, 2.45) is 0 Å². The highest BCUT2D eigenvalue weighted by molar-refractivity contribution is 5.83. The van der Waals surface area contributed by atoms with Crippen LogP contribution in [0.15, 0.2) is 12.1 Å². The summed E-state index contributed by atoms with van der Waals surface area (Å²) in [6.45, 7) is 4.97. The first kappa shape index (κ1) is 17.9. The van der Waals surface area contributed by atoms with Crippen LogP contribution in [-0.4, -0.2) is 35.9 Å². The van der Waals surface area contributed by atoms with Crippen LogP contribution in [0.5, 0.6) is 11.5 Å². The number of ether oxygens (including phenoxy) is 3. The van der Waals surface area contributed by atoms with Gasteiger partial charge in [0.2, 0.25) is 6.79 Å². The summed E-state index contributed by atoms with van der Waals surface area (Å²) in [5, 5.41) is 9.77. The fourth-order valence-corrected chi connectivity index (χ4v) is 3.67. The molecule has 0 spiro atoms. The number of aryl methyl sites for hydroxylation is 1. The van der Waals surface area contributed by atoms with E-state index in [2.05, 4.69) is 11.1 Å². The Morgan fingerprint density at radius 3 is 2.86 bits per heavy atom. The van der Waals surface area contributed by atoms with Crippen molar-refractivity contribution in [2.75, 3.05) is 25.7 Å². The molecule has 8 nitrogen and oxygen atoms in total. The van der Waals surface area contributed by atoms with Gasteiger partial charge in [-0.3, -0.25) is 0 Å². The van der Waals surface area contributed by atoms with Gasteiger partial charge in [0, 0.05) is 24.1 Å². The maximum Gasteiger partial charge on any atom is 0.410 e. The lowest BCUT2D eigenvalue weighted by atomic mass is 9.89. The quantitative estimate of drug-likeness (QED) is 0.853. The first-order valence-corrected chi connectivity index (χ1v) is 9.07. The number of carbonyl (C=O) groups excluding carboxylic acids is 1. The largest absolute Gasteiger partial charge is 0.454 e. The maximum absolute atomic E-state index is 12.3. The average Bonchev–Trinajstić information content (AvgIpc) is 3.13. The third kappa shape index (κ3) is 2.85. The molecule has 0 bridgehead atoms. The van der Waals surface area contributed by atoms with E-state index in [4.69, 9.17) is 19.9 Å². The molecule has 0 atom stereocenters. The lowest BCUT2D eigenvalue weighted by Gasteiger charge is -2.30. The number of rotatable bonds is 2. The summed E-state index contributed by atoms with van der Waals surface area (Å²) in [7, 11) is 0. The van der Waals surface area contributed by atoms with Gasteiger partial charge < -0.3 is 24.8 Å². The number of anilines is 1. The molecule has 2 aromatic rings. The molecule has 2 aliphatic rings. The Kier molecular flexibility index (Phi) is 4.43. The van der Waals surface area contributed by atoms with Gasteiger partial charge in [-0.2, -0.15) is 5.26 Å². The second-order valence-electron chi connectivity index (χ2n) is 6.67. The van der Waals surface area contributed by atoms with Crippen LogP contribution in [0, 0.1) is 18.3 Å². The number of nitrogen functional groups attached to an aromatic ring is 1. The number of nitrogens with two attached hydrogens (primary N) is 1. The molecule has 1 amide bonds. The molecular weight excluding hydrogens is 360 g/mol. The van der Waals surface area contributed by atoms with E-state index < -0.39 is 0 Å². The minimum atomic E-state index is -0.378. The highest BCUT2D eigenvalue weighted by Crippen LogP contribution is 2.42. The molecule has 28 heavy (non-hydrogen) atoms. The summed E-state index contributed by atoms with van der Waals surface area (Å²) in [6.07, 6.45) is 0.164. The van der Waals surface area contributed by atoms with E-state index in [0.717, 1.165) is 22.4 Å². The first-order chi connectivity index (χ1) is 13.5. The van der Waals surface area contributed by atoms with Gasteiger partial charge in [-0.15, -0.1) is 0 Å². The number of nitriles is 1. The van der Waals surface area contributed by atoms with E-state index >= 15 is 0 Å². The van der Waals surface area contributed by atoms with Crippen LogP contribution in [0.3, 0.4) is 0 Å². The van der Waals surface area contributed by atoms with E-state index in [-0.39, 0.29) is 18.7 Å². The van der Waals surface area contributed by atoms with Gasteiger partial charge in [-0.25, -0.2) is 9.78 Å². The van der Waals surface area contributed by atoms with Crippen molar-refractivity contribution in [3.8, 4) is 28.7 Å². The van der Waals surface area contributed by atoms with Gasteiger partial charge >= 0.3 is 6.09 Å². The van der Waals surface area contributed by atoms with E-state index in [1.54, 1.807) is 11.8 Å². The van der Waals surface area contributed by atoms with Crippen LogP contribution in [0.25, 0.3) is 11.1 Å². The standard InChI is InChI=1S/C20H20N4O4/c1-3-26-20(25)24-5-4-15-14(9-24)18(13(8-21)19(22)23-15)12-7-17-16(6-11(12)2)27-10-28-17/h6-7H,3-5,9-10H2,1-2H3,(H2,22,23). The fourth-order valence-electron chi connectivity index (χ4n) is 3.67. The molecular formula is C20H20N4O4. The van der Waals surface area contributed by atoms with Crippen molar-refractivity contribution in [2.45, 2.75) is 26.8 Å². The molecule has 0 unspecified atom stereocenters. The van der Waals surface area contributed by atoms with Gasteiger partial charge in [0.05, 0.1) is 18.8 Å². The third-order valence-corrected chi connectivity index (χ3v) is 5.01. The van der Waals surface area contributed by atoms with Gasteiger partial charge in [-0.1, -0.05) is 0 Å². The van der Waals surface area contributed by atoms with E-state index in [1.165, 1.54) is 0 Å². The Morgan fingerprint density at radius 2 is 2.14 bits per heavy atom. The molecule has 3 heterocycles. The second kappa shape index (κ2) is 6.93. The molecule has 0 fully saturated rings. The summed E-state index contributed by atoms with van der Waals surface area (Å²) in [5.74, 6) is 1.48. The first-order valence-electron chi connectivity index (χ1n) is 9.07. The predicted octanol–water partition coefficient (Wildman–Crippen LogP) is 2.75. The Bertz CT molecular complexity index is 1010. The van der Waals surface area contributed by atoms with Crippen molar-refractivity contribution in [3.05, 3.63) is 34.5 Å². The Labute approximate surface area is 162 Å². The summed E-state index contributed by atoms with van der Waals surface area (Å²) in [6, 6.07) is 5.92. The summed E-state index contributed by atoms with van der Waals surface area (Å²) in [5.41, 5.74) is 10.4. The Balaban J connectivity index is 1.89. The monoisotopic (exact) mass is 380 g/mol. The summed E-state index contributed by atoms with van der Waals surface area (Å²) in [4.78, 5) is 18.3. The van der Waals surface area contributed by atoms with Crippen LogP contribution in [-0.2, 0) is 17.7 Å². The minimum Gasteiger partial charge on any atom is -0.454 e. The molecule has 0 saturated carbocycles. The van der Waals surface area contributed by atoms with Crippen LogP contribution >= 0.6 is 0 Å². The SMILES string of the molecule is CCOC(=O)N1CCc2nc(N)c(C#N)c(-c3cc4c(cc3C)OCO4)c2C1. The number of hydrogen-bond acceptors (Lipinski definition) is 7. The van der Waals surface area contributed by atoms with Crippen LogP contribution < -0.4 is 15.2 Å². The van der Waals surface area contributed by atoms with Crippen molar-refractivity contribution >= 4 is 11.9 Å². The molecule has 0 saturated heterocycles. The van der Waals surface area contributed by atoms with E-state index in [9.17, 15) is 10.1 Å². The summed E-state index contributed by atoms with van der Waals surface area (Å²) < 4.78 is 16.1. The van der Waals surface area contributed by atoms with Crippen LogP contribution in [0.1, 0.15) is 29.3 Å². The van der Waals surface area contributed by atoms with Crippen molar-refractivity contribution in [1.29, 1.82) is 5.26 Å². The number of fused-ring (bicyclic) bond motifs is 2. The predicted molar refractivity (Wildman–Crippen MR) is 101 cm³/mol. The Hall–Kier alpha value is -3.47. The molecule has 1 aromatic carbocycles. The van der Waals surface area contributed by atoms with Crippen molar-refractivity contribution in [1.82, 2.24) is 9.88 Å². The summed E-state index contributed by atoms with van der Waals surface area (Å²) >= 11 is 0. The lowest BCUT2D eigenvalue weighted by Crippen LogP contribution is -2.37. The van der Waals surface area contributed by atoms with Crippen molar-refractivity contribution in [3.63, 3.8) is 0 Å². The molecule has 1 aromatic heterocycles. The van der Waals surface area contributed by atoms with Gasteiger partial charge in [0.25, 0.3) is 0 Å². The second-order valence-corrected chi connectivity index (χ2v) is 6.67. The number of carbonyl (C=O) groups is 1. The normalized spacial score (nSPS) is 14.4. The molecule has 2 N–H and O–H groups in total. The number of aromatic nitrogens is 1. The van der Waals surface area contributed by atoms with Crippen LogP contribution in [0.2, 0.25) is 0 Å². The van der Waals surface area contributed by atoms with Crippen LogP contribution in [0.4, 0.5) is 10.6 Å². The van der Waals surface area contributed by atoms with E-state index in [0.29, 0.717) is 48.7 Å². The van der Waals surface area contributed by atoms with Gasteiger partial charge in [-0.05, 0) is 37.1 Å². The number of hydrogen-bond donors (Lipinski definition) is 1. The zero-order chi connectivity index (χ0) is 19.8. The molecule has 144 valence electrons. The third-order valence-electron chi connectivity index (χ3n) is 5.01. The zero-order valence-electron chi connectivity index (χ0n) is 15.7. The molecule has 4 rings (SSSR count). The highest BCUT2D eigenvalue weighted by Gasteiger charge is 2.29. The minimum absolute atomic E-state index is 0.163. The number of benzene rings is 1. The topological polar surface area (TPSA) is 111 Å². The Morgan fingerprint density at radius 1 is 1.39 bits per heavy atom. The number of amides is 1. The maximum atomic E-state index is 12.3. The molecule has 8 heteroatoms.